The molecule has 0 bridgehead atoms. The van der Waals surface area contributed by atoms with Crippen LogP contribution in [0, 0.1) is 6.92 Å². The zero-order valence-corrected chi connectivity index (χ0v) is 18.2. The highest BCUT2D eigenvalue weighted by atomic mass is 35.5. The minimum atomic E-state index is -3.74. The van der Waals surface area contributed by atoms with Crippen molar-refractivity contribution in [3.05, 3.63) is 58.7 Å². The van der Waals surface area contributed by atoms with Crippen LogP contribution < -0.4 is 5.32 Å². The quantitative estimate of drug-likeness (QED) is 0.617. The van der Waals surface area contributed by atoms with E-state index in [0.29, 0.717) is 21.9 Å². The van der Waals surface area contributed by atoms with Gasteiger partial charge in [-0.05, 0) is 68.9 Å². The number of hydrogen-bond acceptors (Lipinski definition) is 4. The topological polar surface area (TPSA) is 54.3 Å². The van der Waals surface area contributed by atoms with E-state index in [1.807, 2.05) is 34.0 Å². The molecule has 1 heterocycles. The Morgan fingerprint density at radius 3 is 2.61 bits per heavy atom. The molecular formula is C21H26ClN3O2S. The molecule has 28 heavy (non-hydrogen) atoms. The summed E-state index contributed by atoms with van der Waals surface area (Å²) in [4.78, 5) is 2.41. The van der Waals surface area contributed by atoms with Crippen molar-refractivity contribution >= 4 is 38.2 Å². The van der Waals surface area contributed by atoms with E-state index in [9.17, 15) is 8.42 Å². The predicted octanol–water partition coefficient (Wildman–Crippen LogP) is 4.38. The first-order valence-electron chi connectivity index (χ1n) is 9.29. The summed E-state index contributed by atoms with van der Waals surface area (Å²) in [6.07, 6.45) is 2.28. The number of aryl methyl sites for hydroxylation is 1. The molecule has 0 radical (unpaired) electrons. The highest BCUT2D eigenvalue weighted by molar-refractivity contribution is 7.90. The van der Waals surface area contributed by atoms with Crippen LogP contribution in [0.4, 0.5) is 5.69 Å². The van der Waals surface area contributed by atoms with E-state index in [1.54, 1.807) is 36.5 Å². The molecular weight excluding hydrogens is 394 g/mol. The predicted molar refractivity (Wildman–Crippen MR) is 117 cm³/mol. The highest BCUT2D eigenvalue weighted by Gasteiger charge is 2.24. The first kappa shape index (κ1) is 20.7. The lowest BCUT2D eigenvalue weighted by Crippen LogP contribution is -2.22. The van der Waals surface area contributed by atoms with Crippen LogP contribution in [0.1, 0.15) is 18.1 Å². The Balaban J connectivity index is 2.10. The molecule has 0 amide bonds. The highest BCUT2D eigenvalue weighted by Crippen LogP contribution is 2.31. The average Bonchev–Trinajstić information content (AvgIpc) is 2.98. The first-order valence-corrected chi connectivity index (χ1v) is 11.1. The summed E-state index contributed by atoms with van der Waals surface area (Å²) >= 11 is 6.10. The standard InChI is InChI=1S/C21H26ClN3O2S/c1-5-17-19(23-11-12-24(3)4)7-6-8-21(17)28(26,27)25-14-15(2)18-13-16(22)9-10-20(18)25/h6-10,13-14,23H,5,11-12H2,1-4H3. The summed E-state index contributed by atoms with van der Waals surface area (Å²) in [7, 11) is 0.277. The summed E-state index contributed by atoms with van der Waals surface area (Å²) in [5.74, 6) is 0. The van der Waals surface area contributed by atoms with E-state index in [-0.39, 0.29) is 0 Å². The molecule has 0 unspecified atom stereocenters. The van der Waals surface area contributed by atoms with Gasteiger partial charge in [-0.15, -0.1) is 0 Å². The van der Waals surface area contributed by atoms with Gasteiger partial charge in [0, 0.05) is 35.4 Å². The maximum absolute atomic E-state index is 13.6. The van der Waals surface area contributed by atoms with Crippen molar-refractivity contribution in [1.82, 2.24) is 8.87 Å². The normalized spacial score (nSPS) is 12.1. The van der Waals surface area contributed by atoms with Gasteiger partial charge in [0.25, 0.3) is 10.0 Å². The third-order valence-electron chi connectivity index (χ3n) is 4.83. The minimum Gasteiger partial charge on any atom is -0.384 e. The lowest BCUT2D eigenvalue weighted by Gasteiger charge is -2.17. The molecule has 0 aliphatic carbocycles. The summed E-state index contributed by atoms with van der Waals surface area (Å²) in [5.41, 5.74) is 3.17. The Labute approximate surface area is 172 Å². The van der Waals surface area contributed by atoms with Crippen LogP contribution in [0.25, 0.3) is 10.9 Å². The summed E-state index contributed by atoms with van der Waals surface area (Å²) < 4.78 is 28.5. The van der Waals surface area contributed by atoms with Crippen LogP contribution in [0.15, 0.2) is 47.5 Å². The third-order valence-corrected chi connectivity index (χ3v) is 6.82. The Morgan fingerprint density at radius 1 is 1.18 bits per heavy atom. The SMILES string of the molecule is CCc1c(NCCN(C)C)cccc1S(=O)(=O)n1cc(C)c2cc(Cl)ccc21. The molecule has 0 saturated carbocycles. The number of hydrogen-bond donors (Lipinski definition) is 1. The van der Waals surface area contributed by atoms with Gasteiger partial charge in [0.15, 0.2) is 0 Å². The van der Waals surface area contributed by atoms with Crippen molar-refractivity contribution in [3.8, 4) is 0 Å². The number of likely N-dealkylation sites (N-methyl/N-ethyl adjacent to an activating group) is 1. The fourth-order valence-electron chi connectivity index (χ4n) is 3.39. The number of fused-ring (bicyclic) bond motifs is 1. The second kappa shape index (κ2) is 8.15. The molecule has 5 nitrogen and oxygen atoms in total. The zero-order valence-electron chi connectivity index (χ0n) is 16.7. The zero-order chi connectivity index (χ0) is 20.5. The molecule has 0 aliphatic rings. The minimum absolute atomic E-state index is 0.330. The van der Waals surface area contributed by atoms with E-state index in [4.69, 9.17) is 11.6 Å². The second-order valence-corrected chi connectivity index (χ2v) is 9.36. The van der Waals surface area contributed by atoms with Crippen LogP contribution in [-0.2, 0) is 16.4 Å². The summed E-state index contributed by atoms with van der Waals surface area (Å²) in [6, 6.07) is 10.7. The van der Waals surface area contributed by atoms with Gasteiger partial charge < -0.3 is 10.2 Å². The van der Waals surface area contributed by atoms with Crippen molar-refractivity contribution in [3.63, 3.8) is 0 Å². The van der Waals surface area contributed by atoms with E-state index < -0.39 is 10.0 Å². The van der Waals surface area contributed by atoms with Crippen LogP contribution in [0.2, 0.25) is 5.02 Å². The number of aromatic nitrogens is 1. The monoisotopic (exact) mass is 419 g/mol. The van der Waals surface area contributed by atoms with Crippen LogP contribution in [0.3, 0.4) is 0 Å². The second-order valence-electron chi connectivity index (χ2n) is 7.14. The molecule has 150 valence electrons. The molecule has 0 fully saturated rings. The van der Waals surface area contributed by atoms with Gasteiger partial charge in [-0.2, -0.15) is 0 Å². The van der Waals surface area contributed by atoms with Gasteiger partial charge >= 0.3 is 0 Å². The van der Waals surface area contributed by atoms with Gasteiger partial charge in [0.1, 0.15) is 0 Å². The molecule has 1 aromatic heterocycles. The fourth-order valence-corrected chi connectivity index (χ4v) is 5.30. The Hall–Kier alpha value is -2.02. The molecule has 2 aromatic carbocycles. The number of rotatable bonds is 7. The van der Waals surface area contributed by atoms with E-state index in [0.717, 1.165) is 35.3 Å². The number of anilines is 1. The Kier molecular flexibility index (Phi) is 6.03. The van der Waals surface area contributed by atoms with E-state index in [1.165, 1.54) is 3.97 Å². The molecule has 3 rings (SSSR count). The largest absolute Gasteiger partial charge is 0.384 e. The third kappa shape index (κ3) is 3.90. The van der Waals surface area contributed by atoms with Crippen molar-refractivity contribution in [2.45, 2.75) is 25.2 Å². The van der Waals surface area contributed by atoms with Crippen molar-refractivity contribution < 1.29 is 8.42 Å². The van der Waals surface area contributed by atoms with Crippen LogP contribution in [-0.4, -0.2) is 44.5 Å². The molecule has 7 heteroatoms. The molecule has 0 aliphatic heterocycles. The fraction of sp³-hybridized carbons (Fsp3) is 0.333. The molecule has 0 spiro atoms. The summed E-state index contributed by atoms with van der Waals surface area (Å²) in [5, 5.41) is 4.81. The number of halogens is 1. The average molecular weight is 420 g/mol. The van der Waals surface area contributed by atoms with Crippen LogP contribution in [0.5, 0.6) is 0 Å². The Morgan fingerprint density at radius 2 is 1.93 bits per heavy atom. The van der Waals surface area contributed by atoms with E-state index in [2.05, 4.69) is 10.2 Å². The van der Waals surface area contributed by atoms with Gasteiger partial charge in [0.05, 0.1) is 10.4 Å². The van der Waals surface area contributed by atoms with Crippen LogP contribution >= 0.6 is 11.6 Å². The smallest absolute Gasteiger partial charge is 0.268 e. The lowest BCUT2D eigenvalue weighted by molar-refractivity contribution is 0.425. The summed E-state index contributed by atoms with van der Waals surface area (Å²) in [6.45, 7) is 5.48. The van der Waals surface area contributed by atoms with Gasteiger partial charge in [0.2, 0.25) is 0 Å². The number of nitrogens with zero attached hydrogens (tertiary/aromatic N) is 2. The molecule has 3 aromatic rings. The molecule has 0 saturated heterocycles. The number of benzene rings is 2. The van der Waals surface area contributed by atoms with Crippen molar-refractivity contribution in [1.29, 1.82) is 0 Å². The van der Waals surface area contributed by atoms with Gasteiger partial charge in [-0.1, -0.05) is 24.6 Å². The molecule has 1 N–H and O–H groups in total. The number of nitrogens with one attached hydrogen (secondary N) is 1. The molecule has 0 atom stereocenters. The van der Waals surface area contributed by atoms with Gasteiger partial charge in [-0.25, -0.2) is 12.4 Å². The maximum Gasteiger partial charge on any atom is 0.268 e. The van der Waals surface area contributed by atoms with E-state index >= 15 is 0 Å². The van der Waals surface area contributed by atoms with Gasteiger partial charge in [-0.3, -0.25) is 0 Å². The van der Waals surface area contributed by atoms with Crippen molar-refractivity contribution in [2.24, 2.45) is 0 Å². The lowest BCUT2D eigenvalue weighted by atomic mass is 10.1. The Bertz CT molecular complexity index is 1100. The maximum atomic E-state index is 13.6. The first-order chi connectivity index (χ1) is 13.3. The van der Waals surface area contributed by atoms with Crippen molar-refractivity contribution in [2.75, 3.05) is 32.5 Å².